The summed E-state index contributed by atoms with van der Waals surface area (Å²) in [6.07, 6.45) is -0.295. The lowest BCUT2D eigenvalue weighted by molar-refractivity contribution is -0.143. The third kappa shape index (κ3) is 6.50. The molecule has 2 aliphatic rings. The van der Waals surface area contributed by atoms with E-state index in [-0.39, 0.29) is 5.69 Å². The number of carboxylic acids is 1. The molecule has 2 atom stereocenters. The van der Waals surface area contributed by atoms with Crippen LogP contribution in [0.4, 0.5) is 18.9 Å². The molecule has 0 radical (unpaired) electrons. The van der Waals surface area contributed by atoms with E-state index in [9.17, 15) is 27.9 Å². The number of nitrogens with one attached hydrogen (secondary N) is 1. The number of nitriles is 1. The number of aryl methyl sites for hydroxylation is 1. The van der Waals surface area contributed by atoms with Crippen molar-refractivity contribution >= 4 is 28.6 Å². The molecule has 2 aromatic rings. The number of nitrogens with zero attached hydrogens (tertiary/aromatic N) is 4. The van der Waals surface area contributed by atoms with Crippen LogP contribution in [0.2, 0.25) is 0 Å². The van der Waals surface area contributed by atoms with Gasteiger partial charge in [-0.2, -0.15) is 23.3 Å². The number of alkyl halides is 3. The molecule has 9 nitrogen and oxygen atoms in total. The van der Waals surface area contributed by atoms with E-state index in [2.05, 4.69) is 9.82 Å². The minimum atomic E-state index is -4.79. The monoisotopic (exact) mass is 607 g/mol. The number of carbonyl (C=O) groups excluding carboxylic acids is 1. The Hall–Kier alpha value is -3.34. The number of hydrogen-bond donors (Lipinski definition) is 3. The zero-order valence-corrected chi connectivity index (χ0v) is 24.9. The third-order valence-electron chi connectivity index (χ3n) is 8.05. The van der Waals surface area contributed by atoms with Crippen LogP contribution in [0.3, 0.4) is 0 Å². The molecule has 2 aliphatic heterocycles. The first-order valence-electron chi connectivity index (χ1n) is 13.9. The number of ether oxygens (including phenoxy) is 1. The number of amides is 1. The molecule has 13 heteroatoms. The molecular formula is C29H36F3N5O4S. The number of hydrazine groups is 1. The molecule has 0 spiro atoms. The van der Waals surface area contributed by atoms with Crippen LogP contribution in [-0.4, -0.2) is 57.4 Å². The summed E-state index contributed by atoms with van der Waals surface area (Å²) in [5, 5.41) is 19.4. The van der Waals surface area contributed by atoms with E-state index in [0.717, 1.165) is 65.8 Å². The van der Waals surface area contributed by atoms with Gasteiger partial charge in [0.1, 0.15) is 17.9 Å². The number of likely N-dealkylation sites (tertiary alicyclic amines) is 1. The number of benzene rings is 1. The number of carbonyl (C=O) groups is 2. The average Bonchev–Trinajstić information content (AvgIpc) is 3.20. The van der Waals surface area contributed by atoms with Gasteiger partial charge in [0.2, 0.25) is 0 Å². The Balaban J connectivity index is 1.44. The van der Waals surface area contributed by atoms with Crippen molar-refractivity contribution in [3.05, 3.63) is 47.3 Å². The van der Waals surface area contributed by atoms with Crippen LogP contribution in [0.25, 0.3) is 0 Å². The summed E-state index contributed by atoms with van der Waals surface area (Å²) in [5.74, 6) is 0.0175. The van der Waals surface area contributed by atoms with Crippen LogP contribution in [0.15, 0.2) is 35.4 Å². The number of anilines is 1. The van der Waals surface area contributed by atoms with Crippen molar-refractivity contribution < 1.29 is 32.6 Å². The van der Waals surface area contributed by atoms with Gasteiger partial charge in [0.25, 0.3) is 5.91 Å². The number of thiol groups is 1. The van der Waals surface area contributed by atoms with Crippen LogP contribution in [-0.2, 0) is 22.2 Å². The van der Waals surface area contributed by atoms with Gasteiger partial charge in [-0.15, -0.1) is 11.1 Å². The second kappa shape index (κ2) is 12.5. The predicted molar refractivity (Wildman–Crippen MR) is 153 cm³/mol. The molecule has 1 unspecified atom stereocenters. The van der Waals surface area contributed by atoms with Crippen molar-refractivity contribution in [1.82, 2.24) is 14.7 Å². The van der Waals surface area contributed by atoms with Crippen LogP contribution < -0.4 is 14.6 Å². The van der Waals surface area contributed by atoms with Crippen molar-refractivity contribution in [3.63, 3.8) is 0 Å². The van der Waals surface area contributed by atoms with Crippen LogP contribution in [0, 0.1) is 17.2 Å². The number of aromatic nitrogens is 1. The smallest absolute Gasteiger partial charge is 0.419 e. The Labute approximate surface area is 246 Å². The van der Waals surface area contributed by atoms with Gasteiger partial charge in [-0.1, -0.05) is 6.92 Å². The molecule has 4 rings (SSSR count). The van der Waals surface area contributed by atoms with Gasteiger partial charge in [0, 0.05) is 4.90 Å². The van der Waals surface area contributed by atoms with E-state index >= 15 is 0 Å². The first kappa shape index (κ1) is 31.6. The lowest BCUT2D eigenvalue weighted by atomic mass is 9.93. The van der Waals surface area contributed by atoms with E-state index in [1.165, 1.54) is 6.07 Å². The Morgan fingerprint density at radius 3 is 2.60 bits per heavy atom. The molecule has 1 aromatic carbocycles. The first-order chi connectivity index (χ1) is 19.8. The summed E-state index contributed by atoms with van der Waals surface area (Å²) in [6, 6.07) is 7.50. The van der Waals surface area contributed by atoms with Gasteiger partial charge in [-0.3, -0.25) is 14.5 Å². The van der Waals surface area contributed by atoms with E-state index in [1.54, 1.807) is 20.8 Å². The number of hydrogen-bond acceptors (Lipinski definition) is 7. The maximum absolute atomic E-state index is 13.5. The normalized spacial score (nSPS) is 21.2. The number of aliphatic carboxylic acids is 1. The number of carboxylic acid groups (broad SMARTS) is 1. The lowest BCUT2D eigenvalue weighted by Gasteiger charge is -2.34. The van der Waals surface area contributed by atoms with Crippen molar-refractivity contribution in [1.29, 1.82) is 5.26 Å². The zero-order chi connectivity index (χ0) is 30.8. The molecule has 0 bridgehead atoms. The third-order valence-corrected chi connectivity index (χ3v) is 10.6. The first-order valence-corrected chi connectivity index (χ1v) is 15.2. The summed E-state index contributed by atoms with van der Waals surface area (Å²) in [5.41, 5.74) is -1.06. The summed E-state index contributed by atoms with van der Waals surface area (Å²) in [7, 11) is 0. The molecule has 1 amide bonds. The molecule has 228 valence electrons. The van der Waals surface area contributed by atoms with Crippen molar-refractivity contribution in [2.45, 2.75) is 75.2 Å². The van der Waals surface area contributed by atoms with Crippen molar-refractivity contribution in [3.8, 4) is 11.8 Å². The molecule has 2 fully saturated rings. The maximum Gasteiger partial charge on any atom is 0.419 e. The fraction of sp³-hybridized carbons (Fsp3) is 0.517. The fourth-order valence-corrected chi connectivity index (χ4v) is 7.54. The van der Waals surface area contributed by atoms with Gasteiger partial charge in [-0.25, -0.2) is 9.99 Å². The number of halogens is 3. The van der Waals surface area contributed by atoms with Crippen molar-refractivity contribution in [2.75, 3.05) is 24.7 Å². The molecule has 42 heavy (non-hydrogen) atoms. The molecule has 3 heterocycles. The quantitative estimate of drug-likeness (QED) is 0.338. The highest BCUT2D eigenvalue weighted by Crippen LogP contribution is 2.52. The fourth-order valence-electron chi connectivity index (χ4n) is 5.32. The second-order valence-electron chi connectivity index (χ2n) is 11.1. The largest absolute Gasteiger partial charge is 0.493 e. The SMILES string of the molecule is CCc1cc([SH]2NN(c3cnc(C#N)c(C(F)(F)F)c3)C(=O)C2(C)C)ccc1OCCC1CCN([C@@H](C)C(=O)O)CC1. The van der Waals surface area contributed by atoms with Crippen LogP contribution in [0.1, 0.15) is 63.8 Å². The molecule has 0 aliphatic carbocycles. The van der Waals surface area contributed by atoms with E-state index in [0.29, 0.717) is 18.9 Å². The topological polar surface area (TPSA) is 119 Å². The average molecular weight is 608 g/mol. The standard InChI is InChI=1S/C29H36F3N5O4S/c1-5-20-14-22(6-7-25(20)41-13-10-19-8-11-36(12-9-19)18(2)26(38)39)42-28(3,4)27(40)37(35-42)21-15-23(29(30,31)32)24(16-33)34-17-21/h6-7,14-15,17-19,35,42H,5,8-13H2,1-4H3,(H,38,39)/t18-/m0/s1. The highest BCUT2D eigenvalue weighted by Gasteiger charge is 2.47. The summed E-state index contributed by atoms with van der Waals surface area (Å²) in [6.45, 7) is 9.28. The van der Waals surface area contributed by atoms with Crippen LogP contribution >= 0.6 is 11.1 Å². The molecular weight excluding hydrogens is 571 g/mol. The number of rotatable bonds is 9. The molecule has 1 aromatic heterocycles. The molecule has 2 saturated heterocycles. The summed E-state index contributed by atoms with van der Waals surface area (Å²) < 4.78 is 45.8. The minimum absolute atomic E-state index is 0.0803. The van der Waals surface area contributed by atoms with Gasteiger partial charge in [0.05, 0.1) is 28.8 Å². The van der Waals surface area contributed by atoms with Crippen LogP contribution in [0.5, 0.6) is 5.75 Å². The highest BCUT2D eigenvalue weighted by molar-refractivity contribution is 8.17. The Kier molecular flexibility index (Phi) is 9.39. The summed E-state index contributed by atoms with van der Waals surface area (Å²) >= 11 is -1.36. The zero-order valence-electron chi connectivity index (χ0n) is 24.0. The lowest BCUT2D eigenvalue weighted by Crippen LogP contribution is -2.44. The van der Waals surface area contributed by atoms with Gasteiger partial charge >= 0.3 is 12.1 Å². The predicted octanol–water partition coefficient (Wildman–Crippen LogP) is 5.09. The highest BCUT2D eigenvalue weighted by atomic mass is 32.2. The Bertz CT molecular complexity index is 1370. The summed E-state index contributed by atoms with van der Waals surface area (Å²) in [4.78, 5) is 34.3. The van der Waals surface area contributed by atoms with E-state index < -0.39 is 51.2 Å². The Morgan fingerprint density at radius 1 is 1.31 bits per heavy atom. The second-order valence-corrected chi connectivity index (χ2v) is 13.6. The Morgan fingerprint density at radius 2 is 2.00 bits per heavy atom. The number of pyridine rings is 1. The maximum atomic E-state index is 13.5. The minimum Gasteiger partial charge on any atom is -0.493 e. The van der Waals surface area contributed by atoms with E-state index in [4.69, 9.17) is 10.00 Å². The van der Waals surface area contributed by atoms with Gasteiger partial charge in [0.15, 0.2) is 5.69 Å². The number of piperidine rings is 1. The molecule has 0 saturated carbocycles. The van der Waals surface area contributed by atoms with Crippen molar-refractivity contribution in [2.24, 2.45) is 5.92 Å². The van der Waals surface area contributed by atoms with Gasteiger partial charge in [-0.05, 0) is 95.3 Å². The van der Waals surface area contributed by atoms with E-state index in [1.807, 2.05) is 30.0 Å². The van der Waals surface area contributed by atoms with Gasteiger partial charge < -0.3 is 9.84 Å². The molecule has 2 N–H and O–H groups in total.